The fourth-order valence-electron chi connectivity index (χ4n) is 3.20. The molecule has 28 heavy (non-hydrogen) atoms. The van der Waals surface area contributed by atoms with Gasteiger partial charge in [-0.05, 0) is 35.7 Å². The second-order valence-corrected chi connectivity index (χ2v) is 6.56. The van der Waals surface area contributed by atoms with E-state index in [-0.39, 0.29) is 18.4 Å². The summed E-state index contributed by atoms with van der Waals surface area (Å²) in [7, 11) is 0. The second-order valence-electron chi connectivity index (χ2n) is 6.56. The van der Waals surface area contributed by atoms with Crippen molar-refractivity contribution in [1.82, 2.24) is 5.32 Å². The highest BCUT2D eigenvalue weighted by Crippen LogP contribution is 2.27. The number of nitrogens with one attached hydrogen (secondary N) is 2. The lowest BCUT2D eigenvalue weighted by molar-refractivity contribution is -0.119. The number of anilines is 1. The zero-order valence-electron chi connectivity index (χ0n) is 15.6. The van der Waals surface area contributed by atoms with Crippen LogP contribution in [0, 0.1) is 11.3 Å². The molecule has 2 N–H and O–H groups in total. The van der Waals surface area contributed by atoms with Crippen LogP contribution in [0.25, 0.3) is 0 Å². The van der Waals surface area contributed by atoms with E-state index in [1.165, 1.54) is 11.1 Å². The Morgan fingerprint density at radius 1 is 0.893 bits per heavy atom. The Bertz CT molecular complexity index is 893. The number of hydrogen-bond donors (Lipinski definition) is 2. The molecule has 0 aliphatic heterocycles. The van der Waals surface area contributed by atoms with Crippen molar-refractivity contribution in [2.24, 2.45) is 0 Å². The number of nitrogens with zero attached hydrogens (tertiary/aromatic N) is 1. The predicted octanol–water partition coefficient (Wildman–Crippen LogP) is 4.31. The fourth-order valence-corrected chi connectivity index (χ4v) is 3.20. The number of carbonyl (C=O) groups is 1. The summed E-state index contributed by atoms with van der Waals surface area (Å²) in [6.07, 6.45) is 0.823. The lowest BCUT2D eigenvalue weighted by Gasteiger charge is -2.18. The van der Waals surface area contributed by atoms with Crippen LogP contribution in [0.3, 0.4) is 0 Å². The first-order valence-corrected chi connectivity index (χ1v) is 9.37. The zero-order chi connectivity index (χ0) is 19.6. The van der Waals surface area contributed by atoms with Gasteiger partial charge in [-0.1, -0.05) is 66.7 Å². The minimum atomic E-state index is -0.0674. The molecule has 0 spiro atoms. The minimum Gasteiger partial charge on any atom is -0.376 e. The van der Waals surface area contributed by atoms with Crippen molar-refractivity contribution >= 4 is 11.6 Å². The summed E-state index contributed by atoms with van der Waals surface area (Å²) in [4.78, 5) is 12.2. The smallest absolute Gasteiger partial charge is 0.239 e. The molecule has 0 fully saturated rings. The number of benzene rings is 3. The van der Waals surface area contributed by atoms with Crippen LogP contribution in [-0.4, -0.2) is 19.0 Å². The normalized spacial score (nSPS) is 10.3. The Hall–Kier alpha value is -3.58. The van der Waals surface area contributed by atoms with E-state index in [1.807, 2.05) is 42.5 Å². The molecule has 4 nitrogen and oxygen atoms in total. The third kappa shape index (κ3) is 5.46. The molecular weight excluding hydrogens is 346 g/mol. The molecule has 1 amide bonds. The molecule has 0 unspecified atom stereocenters. The second kappa shape index (κ2) is 9.94. The summed E-state index contributed by atoms with van der Waals surface area (Å²) in [5.41, 5.74) is 3.82. The van der Waals surface area contributed by atoms with Crippen LogP contribution in [0.1, 0.15) is 29.0 Å². The Morgan fingerprint density at radius 3 is 2.14 bits per heavy atom. The van der Waals surface area contributed by atoms with Gasteiger partial charge in [0.1, 0.15) is 0 Å². The molecule has 0 aliphatic carbocycles. The lowest BCUT2D eigenvalue weighted by atomic mass is 9.88. The number of carbonyl (C=O) groups excluding carboxylic acids is 1. The first kappa shape index (κ1) is 19.2. The van der Waals surface area contributed by atoms with E-state index in [0.29, 0.717) is 12.1 Å². The van der Waals surface area contributed by atoms with Crippen LogP contribution in [0.15, 0.2) is 84.9 Å². The topological polar surface area (TPSA) is 64.9 Å². The highest BCUT2D eigenvalue weighted by molar-refractivity contribution is 5.80. The largest absolute Gasteiger partial charge is 0.376 e. The van der Waals surface area contributed by atoms with Gasteiger partial charge in [0.25, 0.3) is 0 Å². The van der Waals surface area contributed by atoms with E-state index in [9.17, 15) is 4.79 Å². The average Bonchev–Trinajstić information content (AvgIpc) is 2.76. The van der Waals surface area contributed by atoms with Gasteiger partial charge in [-0.2, -0.15) is 5.26 Å². The van der Waals surface area contributed by atoms with Gasteiger partial charge in [-0.3, -0.25) is 4.79 Å². The van der Waals surface area contributed by atoms with Crippen molar-refractivity contribution in [1.29, 1.82) is 5.26 Å². The molecule has 0 radical (unpaired) electrons. The number of hydrogen-bond acceptors (Lipinski definition) is 3. The standard InChI is InChI=1S/C24H23N3O/c25-17-19-8-7-13-22(16-19)27-18-24(28)26-15-14-23(20-9-3-1-4-10-20)21-11-5-2-6-12-21/h1-13,16,23,27H,14-15,18H2,(H,26,28). The first-order chi connectivity index (χ1) is 13.8. The zero-order valence-corrected chi connectivity index (χ0v) is 15.6. The van der Waals surface area contributed by atoms with E-state index in [0.717, 1.165) is 12.1 Å². The van der Waals surface area contributed by atoms with Gasteiger partial charge < -0.3 is 10.6 Å². The summed E-state index contributed by atoms with van der Waals surface area (Å²) in [6.45, 7) is 0.767. The molecule has 3 rings (SSSR count). The summed E-state index contributed by atoms with van der Waals surface area (Å²) < 4.78 is 0. The predicted molar refractivity (Wildman–Crippen MR) is 112 cm³/mol. The third-order valence-corrected chi connectivity index (χ3v) is 4.60. The maximum absolute atomic E-state index is 12.2. The summed E-state index contributed by atoms with van der Waals surface area (Å²) in [5, 5.41) is 15.0. The molecule has 3 aromatic rings. The van der Waals surface area contributed by atoms with Gasteiger partial charge in [0.05, 0.1) is 18.2 Å². The lowest BCUT2D eigenvalue weighted by Crippen LogP contribution is -2.31. The van der Waals surface area contributed by atoms with E-state index in [1.54, 1.807) is 18.2 Å². The van der Waals surface area contributed by atoms with Gasteiger partial charge in [0.15, 0.2) is 0 Å². The molecule has 4 heteroatoms. The molecule has 0 aliphatic rings. The van der Waals surface area contributed by atoms with Crippen LogP contribution in [0.4, 0.5) is 5.69 Å². The SMILES string of the molecule is N#Cc1cccc(NCC(=O)NCCC(c2ccccc2)c2ccccc2)c1. The molecular formula is C24H23N3O. The first-order valence-electron chi connectivity index (χ1n) is 9.37. The van der Waals surface area contributed by atoms with E-state index < -0.39 is 0 Å². The highest BCUT2D eigenvalue weighted by atomic mass is 16.1. The minimum absolute atomic E-state index is 0.0674. The molecule has 0 bridgehead atoms. The van der Waals surface area contributed by atoms with Crippen molar-refractivity contribution in [2.45, 2.75) is 12.3 Å². The third-order valence-electron chi connectivity index (χ3n) is 4.60. The maximum atomic E-state index is 12.2. The van der Waals surface area contributed by atoms with Crippen LogP contribution in [0.5, 0.6) is 0 Å². The van der Waals surface area contributed by atoms with Gasteiger partial charge in [-0.25, -0.2) is 0 Å². The molecule has 3 aromatic carbocycles. The van der Waals surface area contributed by atoms with Crippen molar-refractivity contribution in [3.05, 3.63) is 102 Å². The molecule has 0 saturated heterocycles. The molecule has 140 valence electrons. The summed E-state index contributed by atoms with van der Waals surface area (Å²) in [5.74, 6) is 0.171. The Morgan fingerprint density at radius 2 is 1.54 bits per heavy atom. The summed E-state index contributed by atoms with van der Waals surface area (Å²) in [6, 6.07) is 29.9. The van der Waals surface area contributed by atoms with Gasteiger partial charge in [0.2, 0.25) is 5.91 Å². The van der Waals surface area contributed by atoms with Crippen molar-refractivity contribution in [3.63, 3.8) is 0 Å². The fraction of sp³-hybridized carbons (Fsp3) is 0.167. The quantitative estimate of drug-likeness (QED) is 0.622. The Balaban J connectivity index is 1.54. The number of nitriles is 1. The van der Waals surface area contributed by atoms with Crippen LogP contribution in [0.2, 0.25) is 0 Å². The van der Waals surface area contributed by atoms with E-state index in [4.69, 9.17) is 5.26 Å². The van der Waals surface area contributed by atoms with Gasteiger partial charge >= 0.3 is 0 Å². The number of rotatable bonds is 8. The van der Waals surface area contributed by atoms with Crippen molar-refractivity contribution in [2.75, 3.05) is 18.4 Å². The average molecular weight is 369 g/mol. The highest BCUT2D eigenvalue weighted by Gasteiger charge is 2.14. The molecule has 0 saturated carbocycles. The van der Waals surface area contributed by atoms with Crippen molar-refractivity contribution < 1.29 is 4.79 Å². The van der Waals surface area contributed by atoms with Gasteiger partial charge in [-0.15, -0.1) is 0 Å². The van der Waals surface area contributed by atoms with Gasteiger partial charge in [0, 0.05) is 18.2 Å². The molecule has 0 heterocycles. The summed E-state index contributed by atoms with van der Waals surface area (Å²) >= 11 is 0. The van der Waals surface area contributed by atoms with Crippen molar-refractivity contribution in [3.8, 4) is 6.07 Å². The molecule has 0 atom stereocenters. The van der Waals surface area contributed by atoms with E-state index in [2.05, 4.69) is 41.0 Å². The molecule has 0 aromatic heterocycles. The van der Waals surface area contributed by atoms with Crippen LogP contribution in [-0.2, 0) is 4.79 Å². The van der Waals surface area contributed by atoms with E-state index >= 15 is 0 Å². The maximum Gasteiger partial charge on any atom is 0.239 e. The Labute approximate surface area is 165 Å². The van der Waals surface area contributed by atoms with Crippen LogP contribution >= 0.6 is 0 Å². The Kier molecular flexibility index (Phi) is 6.81. The monoisotopic (exact) mass is 369 g/mol. The van der Waals surface area contributed by atoms with Crippen LogP contribution < -0.4 is 10.6 Å². The number of amides is 1.